The number of allylic oxidation sites excluding steroid dienone is 1. The topological polar surface area (TPSA) is 37.4 Å². The highest BCUT2D eigenvalue weighted by atomic mass is 16.2. The van der Waals surface area contributed by atoms with E-state index in [1.54, 1.807) is 24.3 Å². The summed E-state index contributed by atoms with van der Waals surface area (Å²) >= 11 is 0. The molecule has 2 amide bonds. The molecule has 0 N–H and O–H groups in total. The van der Waals surface area contributed by atoms with Crippen LogP contribution in [0.4, 0.5) is 0 Å². The van der Waals surface area contributed by atoms with Crippen molar-refractivity contribution in [2.75, 3.05) is 6.54 Å². The molecule has 0 aliphatic carbocycles. The van der Waals surface area contributed by atoms with E-state index >= 15 is 0 Å². The summed E-state index contributed by atoms with van der Waals surface area (Å²) < 4.78 is 0. The first-order chi connectivity index (χ1) is 16.1. The van der Waals surface area contributed by atoms with E-state index in [1.807, 2.05) is 0 Å². The van der Waals surface area contributed by atoms with Crippen molar-refractivity contribution in [3.8, 4) is 0 Å². The minimum atomic E-state index is -0.170. The van der Waals surface area contributed by atoms with Crippen LogP contribution in [0.2, 0.25) is 0 Å². The second-order valence-corrected chi connectivity index (χ2v) is 8.67. The van der Waals surface area contributed by atoms with Crippen LogP contribution in [0.1, 0.15) is 68.3 Å². The summed E-state index contributed by atoms with van der Waals surface area (Å²) in [4.78, 5) is 26.4. The molecule has 1 aliphatic heterocycles. The van der Waals surface area contributed by atoms with Crippen LogP contribution in [0.15, 0.2) is 72.8 Å². The number of hydrogen-bond donors (Lipinski definition) is 0. The van der Waals surface area contributed by atoms with Gasteiger partial charge in [0.05, 0.1) is 11.1 Å². The zero-order chi connectivity index (χ0) is 23.2. The van der Waals surface area contributed by atoms with E-state index in [2.05, 4.69) is 68.5 Å². The number of carbonyl (C=O) groups is 2. The Balaban J connectivity index is 1.29. The van der Waals surface area contributed by atoms with Crippen LogP contribution in [0.25, 0.3) is 6.08 Å². The standard InChI is InChI=1S/C30H31NO2/c1-3-25-16-8-11-22(2)26(25)17-5-4-12-23-13-9-14-24(21-23)15-10-20-31-29(32)27-18-6-7-19-28(27)30(31)33/h5-9,11,13-14,16-19,21H,3-4,10,12,15,20H2,1-2H3/b17-5+. The molecule has 4 rings (SSSR count). The van der Waals surface area contributed by atoms with Crippen molar-refractivity contribution in [3.63, 3.8) is 0 Å². The lowest BCUT2D eigenvalue weighted by molar-refractivity contribution is 0.0652. The number of carbonyl (C=O) groups excluding carboxylic acids is 2. The summed E-state index contributed by atoms with van der Waals surface area (Å²) in [6.45, 7) is 4.83. The summed E-state index contributed by atoms with van der Waals surface area (Å²) in [7, 11) is 0. The van der Waals surface area contributed by atoms with Crippen LogP contribution < -0.4 is 0 Å². The van der Waals surface area contributed by atoms with Crippen LogP contribution in [0.3, 0.4) is 0 Å². The number of aryl methyl sites for hydroxylation is 4. The number of amides is 2. The Kier molecular flexibility index (Phi) is 7.19. The molecule has 0 aromatic heterocycles. The summed E-state index contributed by atoms with van der Waals surface area (Å²) in [6.07, 6.45) is 9.19. The highest BCUT2D eigenvalue weighted by molar-refractivity contribution is 6.21. The molecule has 1 heterocycles. The Hall–Kier alpha value is -3.46. The molecule has 0 saturated carbocycles. The van der Waals surface area contributed by atoms with Gasteiger partial charge in [-0.05, 0) is 79.0 Å². The van der Waals surface area contributed by atoms with Gasteiger partial charge in [-0.1, -0.05) is 73.7 Å². The van der Waals surface area contributed by atoms with Crippen molar-refractivity contribution in [2.24, 2.45) is 0 Å². The monoisotopic (exact) mass is 437 g/mol. The van der Waals surface area contributed by atoms with E-state index < -0.39 is 0 Å². The van der Waals surface area contributed by atoms with Gasteiger partial charge in [-0.2, -0.15) is 0 Å². The summed E-state index contributed by atoms with van der Waals surface area (Å²) in [5.41, 5.74) is 7.68. The van der Waals surface area contributed by atoms with Crippen molar-refractivity contribution < 1.29 is 9.59 Å². The van der Waals surface area contributed by atoms with Gasteiger partial charge in [0.15, 0.2) is 0 Å². The molecular formula is C30H31NO2. The first-order valence-electron chi connectivity index (χ1n) is 11.9. The number of benzene rings is 3. The Bertz CT molecular complexity index is 1160. The van der Waals surface area contributed by atoms with E-state index in [1.165, 1.54) is 32.7 Å². The van der Waals surface area contributed by atoms with Crippen molar-refractivity contribution in [3.05, 3.63) is 112 Å². The molecule has 33 heavy (non-hydrogen) atoms. The Morgan fingerprint density at radius 2 is 1.48 bits per heavy atom. The molecule has 3 aromatic carbocycles. The van der Waals surface area contributed by atoms with Gasteiger partial charge in [-0.3, -0.25) is 14.5 Å². The van der Waals surface area contributed by atoms with Crippen molar-refractivity contribution >= 4 is 17.9 Å². The highest BCUT2D eigenvalue weighted by Gasteiger charge is 2.34. The third-order valence-corrected chi connectivity index (χ3v) is 6.40. The number of fused-ring (bicyclic) bond motifs is 1. The van der Waals surface area contributed by atoms with Crippen LogP contribution in [0.5, 0.6) is 0 Å². The van der Waals surface area contributed by atoms with Crippen molar-refractivity contribution in [1.29, 1.82) is 0 Å². The largest absolute Gasteiger partial charge is 0.274 e. The Morgan fingerprint density at radius 3 is 2.18 bits per heavy atom. The summed E-state index contributed by atoms with van der Waals surface area (Å²) in [5.74, 6) is -0.341. The SMILES string of the molecule is CCc1cccc(C)c1/C=C/CCc1cccc(CCCN2C(=O)c3ccccc3C2=O)c1. The van der Waals surface area contributed by atoms with Gasteiger partial charge in [0.25, 0.3) is 11.8 Å². The fourth-order valence-electron chi connectivity index (χ4n) is 4.56. The maximum Gasteiger partial charge on any atom is 0.261 e. The average molecular weight is 438 g/mol. The lowest BCUT2D eigenvalue weighted by Gasteiger charge is -2.13. The van der Waals surface area contributed by atoms with Gasteiger partial charge < -0.3 is 0 Å². The van der Waals surface area contributed by atoms with Gasteiger partial charge in [0, 0.05) is 6.54 Å². The lowest BCUT2D eigenvalue weighted by Crippen LogP contribution is -2.30. The molecule has 3 aromatic rings. The van der Waals surface area contributed by atoms with Gasteiger partial charge in [0.1, 0.15) is 0 Å². The van der Waals surface area contributed by atoms with Crippen LogP contribution in [0, 0.1) is 6.92 Å². The molecule has 3 heteroatoms. The van der Waals surface area contributed by atoms with Crippen LogP contribution >= 0.6 is 0 Å². The summed E-state index contributed by atoms with van der Waals surface area (Å²) in [5, 5.41) is 0. The third-order valence-electron chi connectivity index (χ3n) is 6.40. The Labute approximate surface area is 196 Å². The lowest BCUT2D eigenvalue weighted by atomic mass is 9.98. The van der Waals surface area contributed by atoms with Gasteiger partial charge in [-0.25, -0.2) is 0 Å². The Morgan fingerprint density at radius 1 is 0.818 bits per heavy atom. The van der Waals surface area contributed by atoms with E-state index in [9.17, 15) is 9.59 Å². The molecule has 0 spiro atoms. The minimum absolute atomic E-state index is 0.170. The molecule has 0 saturated heterocycles. The second-order valence-electron chi connectivity index (χ2n) is 8.67. The zero-order valence-corrected chi connectivity index (χ0v) is 19.5. The molecule has 0 radical (unpaired) electrons. The smallest absolute Gasteiger partial charge is 0.261 e. The van der Waals surface area contributed by atoms with Crippen LogP contribution in [-0.4, -0.2) is 23.3 Å². The van der Waals surface area contributed by atoms with E-state index in [-0.39, 0.29) is 11.8 Å². The predicted octanol–water partition coefficient (Wildman–Crippen LogP) is 6.43. The zero-order valence-electron chi connectivity index (χ0n) is 19.5. The molecule has 0 atom stereocenters. The van der Waals surface area contributed by atoms with E-state index in [0.29, 0.717) is 17.7 Å². The molecule has 3 nitrogen and oxygen atoms in total. The fraction of sp³-hybridized carbons (Fsp3) is 0.267. The van der Waals surface area contributed by atoms with Crippen molar-refractivity contribution in [1.82, 2.24) is 4.90 Å². The summed E-state index contributed by atoms with van der Waals surface area (Å²) in [6, 6.07) is 22.2. The van der Waals surface area contributed by atoms with E-state index in [0.717, 1.165) is 32.1 Å². The first-order valence-corrected chi connectivity index (χ1v) is 11.9. The second kappa shape index (κ2) is 10.4. The van der Waals surface area contributed by atoms with Crippen LogP contribution in [-0.2, 0) is 19.3 Å². The minimum Gasteiger partial charge on any atom is -0.274 e. The maximum atomic E-state index is 12.5. The quantitative estimate of drug-likeness (QED) is 0.362. The highest BCUT2D eigenvalue weighted by Crippen LogP contribution is 2.23. The number of nitrogens with zero attached hydrogens (tertiary/aromatic N) is 1. The van der Waals surface area contributed by atoms with Gasteiger partial charge >= 0.3 is 0 Å². The van der Waals surface area contributed by atoms with E-state index in [4.69, 9.17) is 0 Å². The number of imide groups is 1. The van der Waals surface area contributed by atoms with Gasteiger partial charge in [-0.15, -0.1) is 0 Å². The number of hydrogen-bond acceptors (Lipinski definition) is 2. The van der Waals surface area contributed by atoms with Gasteiger partial charge in [0.2, 0.25) is 0 Å². The average Bonchev–Trinajstić information content (AvgIpc) is 3.08. The molecule has 0 bridgehead atoms. The third kappa shape index (κ3) is 5.14. The molecule has 0 fully saturated rings. The first kappa shape index (κ1) is 22.7. The maximum absolute atomic E-state index is 12.5. The molecular weight excluding hydrogens is 406 g/mol. The molecule has 0 unspecified atom stereocenters. The predicted molar refractivity (Wildman–Crippen MR) is 134 cm³/mol. The molecule has 168 valence electrons. The number of rotatable bonds is 9. The van der Waals surface area contributed by atoms with Crippen molar-refractivity contribution in [2.45, 2.75) is 46.0 Å². The fourth-order valence-corrected chi connectivity index (χ4v) is 4.56. The molecule has 1 aliphatic rings. The normalized spacial score (nSPS) is 13.2.